The van der Waals surface area contributed by atoms with E-state index < -0.39 is 0 Å². The van der Waals surface area contributed by atoms with Crippen molar-refractivity contribution in [3.05, 3.63) is 66.0 Å². The maximum absolute atomic E-state index is 14.0. The van der Waals surface area contributed by atoms with Gasteiger partial charge in [-0.3, -0.25) is 4.57 Å². The second-order valence-corrected chi connectivity index (χ2v) is 7.95. The van der Waals surface area contributed by atoms with Crippen LogP contribution in [0.1, 0.15) is 5.82 Å². The zero-order valence-electron chi connectivity index (χ0n) is 16.8. The van der Waals surface area contributed by atoms with Crippen molar-refractivity contribution in [3.8, 4) is 17.1 Å². The maximum atomic E-state index is 14.0. The van der Waals surface area contributed by atoms with Crippen molar-refractivity contribution in [1.29, 1.82) is 0 Å². The molecule has 2 aromatic heterocycles. The molecule has 0 saturated carbocycles. The lowest BCUT2D eigenvalue weighted by Gasteiger charge is -2.27. The van der Waals surface area contributed by atoms with E-state index in [1.165, 1.54) is 36.0 Å². The number of halogens is 2. The molecule has 0 bridgehead atoms. The van der Waals surface area contributed by atoms with Crippen LogP contribution in [0.3, 0.4) is 0 Å². The van der Waals surface area contributed by atoms with Crippen molar-refractivity contribution in [2.75, 3.05) is 31.2 Å². The van der Waals surface area contributed by atoms with Gasteiger partial charge in [-0.2, -0.15) is 4.98 Å². The Kier molecular flexibility index (Phi) is 5.82. The van der Waals surface area contributed by atoms with Crippen LogP contribution in [0.5, 0.6) is 0 Å². The summed E-state index contributed by atoms with van der Waals surface area (Å²) in [5.41, 5.74) is 1.26. The molecule has 4 aromatic rings. The van der Waals surface area contributed by atoms with Crippen LogP contribution < -0.4 is 4.90 Å². The summed E-state index contributed by atoms with van der Waals surface area (Å²) >= 11 is 1.36. The first kappa shape index (κ1) is 20.6. The summed E-state index contributed by atoms with van der Waals surface area (Å²) in [7, 11) is 0. The number of anilines is 1. The van der Waals surface area contributed by atoms with Gasteiger partial charge in [0.1, 0.15) is 11.6 Å². The third-order valence-electron chi connectivity index (χ3n) is 4.87. The van der Waals surface area contributed by atoms with E-state index in [0.717, 1.165) is 0 Å². The molecule has 3 heterocycles. The minimum Gasteiger partial charge on any atom is -0.378 e. The predicted molar refractivity (Wildman–Crippen MR) is 114 cm³/mol. The number of morpholine rings is 1. The highest BCUT2D eigenvalue weighted by Gasteiger charge is 2.22. The third kappa shape index (κ3) is 4.34. The molecule has 8 nitrogen and oxygen atoms in total. The van der Waals surface area contributed by atoms with E-state index in [0.29, 0.717) is 66.1 Å². The number of ether oxygens (including phenoxy) is 1. The van der Waals surface area contributed by atoms with Crippen LogP contribution in [0.2, 0.25) is 0 Å². The zero-order chi connectivity index (χ0) is 21.9. The Balaban J connectivity index is 1.40. The standard InChI is InChI=1S/C21H18F2N6O2S/c22-15-6-4-14(5-7-15)19-24-18(27-31-19)13-32-21-26-25-20(28-8-10-30-11-9-28)29(21)17-3-1-2-16(23)12-17/h1-7,12H,8-11,13H2. The van der Waals surface area contributed by atoms with E-state index in [4.69, 9.17) is 9.26 Å². The fourth-order valence-corrected chi connectivity index (χ4v) is 4.11. The molecule has 0 N–H and O–H groups in total. The van der Waals surface area contributed by atoms with Gasteiger partial charge in [0.15, 0.2) is 11.0 Å². The van der Waals surface area contributed by atoms with Crippen molar-refractivity contribution >= 4 is 17.7 Å². The number of thioether (sulfide) groups is 1. The van der Waals surface area contributed by atoms with Gasteiger partial charge < -0.3 is 14.2 Å². The molecule has 164 valence electrons. The lowest BCUT2D eigenvalue weighted by Crippen LogP contribution is -2.37. The van der Waals surface area contributed by atoms with Gasteiger partial charge in [0, 0.05) is 18.7 Å². The predicted octanol–water partition coefficient (Wildman–Crippen LogP) is 3.72. The lowest BCUT2D eigenvalue weighted by atomic mass is 10.2. The molecule has 1 saturated heterocycles. The molecule has 1 fully saturated rings. The van der Waals surface area contributed by atoms with Gasteiger partial charge >= 0.3 is 0 Å². The minimum atomic E-state index is -0.345. The minimum absolute atomic E-state index is 0.307. The summed E-state index contributed by atoms with van der Waals surface area (Å²) in [6.45, 7) is 2.52. The molecular formula is C21H18F2N6O2S. The van der Waals surface area contributed by atoms with Crippen LogP contribution in [-0.4, -0.2) is 51.2 Å². The molecule has 0 unspecified atom stereocenters. The van der Waals surface area contributed by atoms with Gasteiger partial charge in [-0.15, -0.1) is 10.2 Å². The Morgan fingerprint density at radius 3 is 2.56 bits per heavy atom. The highest BCUT2D eigenvalue weighted by Crippen LogP contribution is 2.29. The van der Waals surface area contributed by atoms with Crippen LogP contribution in [0.4, 0.5) is 14.7 Å². The van der Waals surface area contributed by atoms with Crippen LogP contribution >= 0.6 is 11.8 Å². The number of aromatic nitrogens is 5. The average Bonchev–Trinajstić information content (AvgIpc) is 3.46. The van der Waals surface area contributed by atoms with Crippen molar-refractivity contribution < 1.29 is 18.0 Å². The van der Waals surface area contributed by atoms with Crippen LogP contribution in [0.15, 0.2) is 58.2 Å². The van der Waals surface area contributed by atoms with Gasteiger partial charge in [0.05, 0.1) is 24.7 Å². The van der Waals surface area contributed by atoms with E-state index in [1.54, 1.807) is 24.3 Å². The summed E-state index contributed by atoms with van der Waals surface area (Å²) in [6, 6.07) is 12.1. The van der Waals surface area contributed by atoms with Crippen molar-refractivity contribution in [3.63, 3.8) is 0 Å². The van der Waals surface area contributed by atoms with E-state index in [-0.39, 0.29) is 11.6 Å². The zero-order valence-corrected chi connectivity index (χ0v) is 17.6. The number of nitrogens with zero attached hydrogens (tertiary/aromatic N) is 6. The Bertz CT molecular complexity index is 1210. The van der Waals surface area contributed by atoms with Gasteiger partial charge in [-0.1, -0.05) is 23.0 Å². The Morgan fingerprint density at radius 2 is 1.78 bits per heavy atom. The molecule has 11 heteroatoms. The number of hydrogen-bond donors (Lipinski definition) is 0. The molecule has 1 aliphatic rings. The molecule has 0 amide bonds. The summed E-state index contributed by atoms with van der Waals surface area (Å²) in [5.74, 6) is 1.07. The topological polar surface area (TPSA) is 82.1 Å². The Labute approximate surface area is 186 Å². The Hall–Kier alpha value is -3.31. The molecule has 2 aromatic carbocycles. The fraction of sp³-hybridized carbons (Fsp3) is 0.238. The van der Waals surface area contributed by atoms with Crippen LogP contribution in [0, 0.1) is 11.6 Å². The Morgan fingerprint density at radius 1 is 0.969 bits per heavy atom. The normalized spacial score (nSPS) is 14.1. The maximum Gasteiger partial charge on any atom is 0.257 e. The quantitative estimate of drug-likeness (QED) is 0.406. The molecule has 32 heavy (non-hydrogen) atoms. The lowest BCUT2D eigenvalue weighted by molar-refractivity contribution is 0.122. The highest BCUT2D eigenvalue weighted by molar-refractivity contribution is 7.98. The highest BCUT2D eigenvalue weighted by atomic mass is 32.2. The first-order valence-electron chi connectivity index (χ1n) is 9.93. The van der Waals surface area contributed by atoms with E-state index in [1.807, 2.05) is 4.57 Å². The summed E-state index contributed by atoms with van der Waals surface area (Å²) < 4.78 is 39.6. The van der Waals surface area contributed by atoms with Crippen molar-refractivity contribution in [2.45, 2.75) is 10.9 Å². The van der Waals surface area contributed by atoms with E-state index >= 15 is 0 Å². The molecular weight excluding hydrogens is 438 g/mol. The summed E-state index contributed by atoms with van der Waals surface area (Å²) in [4.78, 5) is 6.43. The van der Waals surface area contributed by atoms with Crippen molar-refractivity contribution in [2.24, 2.45) is 0 Å². The first-order valence-corrected chi connectivity index (χ1v) is 10.9. The number of rotatable bonds is 6. The first-order chi connectivity index (χ1) is 15.7. The SMILES string of the molecule is Fc1ccc(-c2nc(CSc3nnc(N4CCOCC4)n3-c3cccc(F)c3)no2)cc1. The van der Waals surface area contributed by atoms with Crippen molar-refractivity contribution in [1.82, 2.24) is 24.9 Å². The largest absolute Gasteiger partial charge is 0.378 e. The molecule has 0 atom stereocenters. The van der Waals surface area contributed by atoms with Gasteiger partial charge in [-0.25, -0.2) is 8.78 Å². The molecule has 0 aliphatic carbocycles. The van der Waals surface area contributed by atoms with Gasteiger partial charge in [0.25, 0.3) is 5.89 Å². The summed E-state index contributed by atoms with van der Waals surface area (Å²) in [5, 5.41) is 13.3. The molecule has 0 spiro atoms. The third-order valence-corrected chi connectivity index (χ3v) is 5.79. The smallest absolute Gasteiger partial charge is 0.257 e. The average molecular weight is 456 g/mol. The van der Waals surface area contributed by atoms with Gasteiger partial charge in [0.2, 0.25) is 5.95 Å². The molecule has 0 radical (unpaired) electrons. The number of hydrogen-bond acceptors (Lipinski definition) is 8. The van der Waals surface area contributed by atoms with E-state index in [9.17, 15) is 8.78 Å². The summed E-state index contributed by atoms with van der Waals surface area (Å²) in [6.07, 6.45) is 0. The van der Waals surface area contributed by atoms with Gasteiger partial charge in [-0.05, 0) is 42.5 Å². The van der Waals surface area contributed by atoms with Crippen LogP contribution in [0.25, 0.3) is 17.1 Å². The fourth-order valence-electron chi connectivity index (χ4n) is 3.32. The molecule has 1 aliphatic heterocycles. The second-order valence-electron chi connectivity index (χ2n) is 7.01. The van der Waals surface area contributed by atoms with Crippen LogP contribution in [-0.2, 0) is 10.5 Å². The molecule has 5 rings (SSSR count). The number of benzene rings is 2. The van der Waals surface area contributed by atoms with E-state index in [2.05, 4.69) is 25.2 Å². The monoisotopic (exact) mass is 456 g/mol. The second kappa shape index (κ2) is 9.05.